The van der Waals surface area contributed by atoms with Crippen LogP contribution in [0.1, 0.15) is 245 Å². The second-order valence-corrected chi connectivity index (χ2v) is 18.8. The lowest BCUT2D eigenvalue weighted by atomic mass is 10.0. The number of unbranched alkanes of at least 4 members (excludes halogenated alkanes) is 30. The number of hydrogen-bond acceptors (Lipinski definition) is 9. The fraction of sp³-hybridized carbons (Fsp3) is 0.860. The molecule has 0 bridgehead atoms. The Hall–Kier alpha value is -2.04. The maximum absolute atomic E-state index is 12.7. The highest BCUT2D eigenvalue weighted by Crippen LogP contribution is 2.43. The van der Waals surface area contributed by atoms with Gasteiger partial charge in [0.2, 0.25) is 0 Å². The van der Waals surface area contributed by atoms with Crippen LogP contribution in [0.25, 0.3) is 0 Å². The first-order valence-corrected chi connectivity index (χ1v) is 26.9. The second kappa shape index (κ2) is 45.5. The number of aliphatic carboxylic acids is 1. The topological polar surface area (TPSA) is 172 Å². The first kappa shape index (κ1) is 60.0. The number of nitrogens with two attached hydrogens (primary N) is 1. The normalized spacial score (nSPS) is 13.7. The Morgan fingerprint density at radius 2 is 0.855 bits per heavy atom. The number of phosphoric acid groups is 1. The van der Waals surface area contributed by atoms with Crippen LogP contribution in [0, 0.1) is 0 Å². The van der Waals surface area contributed by atoms with Crippen LogP contribution in [0.4, 0.5) is 0 Å². The van der Waals surface area contributed by atoms with Gasteiger partial charge in [-0.25, -0.2) is 4.57 Å². The highest BCUT2D eigenvalue weighted by Gasteiger charge is 2.28. The summed E-state index contributed by atoms with van der Waals surface area (Å²) in [5, 5.41) is 8.92. The third-order valence-electron chi connectivity index (χ3n) is 11.2. The zero-order valence-corrected chi connectivity index (χ0v) is 40.6. The van der Waals surface area contributed by atoms with E-state index in [2.05, 4.69) is 42.7 Å². The lowest BCUT2D eigenvalue weighted by Crippen LogP contribution is -2.34. The Morgan fingerprint density at radius 1 is 0.500 bits per heavy atom. The lowest BCUT2D eigenvalue weighted by molar-refractivity contribution is -0.161. The van der Waals surface area contributed by atoms with E-state index in [-0.39, 0.29) is 19.4 Å². The predicted molar refractivity (Wildman–Crippen MR) is 254 cm³/mol. The first-order chi connectivity index (χ1) is 30.1. The van der Waals surface area contributed by atoms with Crippen LogP contribution in [-0.4, -0.2) is 59.9 Å². The lowest BCUT2D eigenvalue weighted by Gasteiger charge is -2.20. The molecule has 0 radical (unpaired) electrons. The van der Waals surface area contributed by atoms with Gasteiger partial charge >= 0.3 is 25.7 Å². The van der Waals surface area contributed by atoms with E-state index in [1.54, 1.807) is 0 Å². The van der Waals surface area contributed by atoms with E-state index < -0.39 is 51.1 Å². The minimum absolute atomic E-state index is 0.155. The van der Waals surface area contributed by atoms with Gasteiger partial charge in [0.15, 0.2) is 6.10 Å². The van der Waals surface area contributed by atoms with E-state index >= 15 is 0 Å². The highest BCUT2D eigenvalue weighted by molar-refractivity contribution is 7.47. The number of carbonyl (C=O) groups is 3. The third-order valence-corrected chi connectivity index (χ3v) is 12.2. The Morgan fingerprint density at radius 3 is 1.29 bits per heavy atom. The molecule has 0 fully saturated rings. The van der Waals surface area contributed by atoms with E-state index in [0.717, 1.165) is 57.8 Å². The molecule has 0 rings (SSSR count). The molecule has 12 heteroatoms. The van der Waals surface area contributed by atoms with Crippen LogP contribution in [0.15, 0.2) is 24.3 Å². The van der Waals surface area contributed by atoms with Crippen molar-refractivity contribution in [2.75, 3.05) is 19.8 Å². The fourth-order valence-corrected chi connectivity index (χ4v) is 7.99. The van der Waals surface area contributed by atoms with Gasteiger partial charge in [0, 0.05) is 12.8 Å². The number of rotatable bonds is 48. The maximum Gasteiger partial charge on any atom is 0.472 e. The molecule has 0 saturated carbocycles. The minimum atomic E-state index is -4.72. The number of ether oxygens (including phenoxy) is 2. The van der Waals surface area contributed by atoms with Crippen molar-refractivity contribution in [1.82, 2.24) is 0 Å². The van der Waals surface area contributed by atoms with Crippen molar-refractivity contribution < 1.29 is 47.5 Å². The Balaban J connectivity index is 4.22. The molecule has 0 saturated heterocycles. The van der Waals surface area contributed by atoms with Crippen LogP contribution >= 0.6 is 7.82 Å². The molecule has 0 aromatic rings. The van der Waals surface area contributed by atoms with Crippen molar-refractivity contribution >= 4 is 25.7 Å². The molecule has 0 aliphatic rings. The average Bonchev–Trinajstić information content (AvgIpc) is 3.25. The quantitative estimate of drug-likeness (QED) is 0.0230. The molecule has 3 atom stereocenters. The minimum Gasteiger partial charge on any atom is -0.480 e. The molecule has 0 spiro atoms. The molecular formula is C50H94NO10P. The van der Waals surface area contributed by atoms with E-state index in [0.29, 0.717) is 12.8 Å². The highest BCUT2D eigenvalue weighted by atomic mass is 31.2. The predicted octanol–water partition coefficient (Wildman–Crippen LogP) is 14.2. The SMILES string of the molecule is CCCCC/C=C\C/C=C\CCCCCCCCCC(=O)OC(COC(=O)CCCCCCCCCCCCCCCCCCCCCCC)COP(=O)(O)OCC(N)C(=O)O. The molecule has 11 nitrogen and oxygen atoms in total. The molecule has 0 aromatic carbocycles. The van der Waals surface area contributed by atoms with Crippen LogP contribution in [0.3, 0.4) is 0 Å². The van der Waals surface area contributed by atoms with Gasteiger partial charge in [-0.1, -0.05) is 212 Å². The number of allylic oxidation sites excluding steroid dienone is 4. The number of esters is 2. The molecular weight excluding hydrogens is 806 g/mol. The van der Waals surface area contributed by atoms with Crippen LogP contribution < -0.4 is 5.73 Å². The fourth-order valence-electron chi connectivity index (χ4n) is 7.22. The summed E-state index contributed by atoms with van der Waals surface area (Å²) in [6, 6.07) is -1.52. The monoisotopic (exact) mass is 900 g/mol. The van der Waals surface area contributed by atoms with E-state index in [1.807, 2.05) is 0 Å². The van der Waals surface area contributed by atoms with Crippen molar-refractivity contribution in [3.8, 4) is 0 Å². The summed E-state index contributed by atoms with van der Waals surface area (Å²) in [4.78, 5) is 46.1. The largest absolute Gasteiger partial charge is 0.480 e. The molecule has 0 aliphatic heterocycles. The molecule has 3 unspecified atom stereocenters. The summed E-state index contributed by atoms with van der Waals surface area (Å²) in [6.07, 6.45) is 49.5. The third kappa shape index (κ3) is 44.6. The Bertz CT molecular complexity index is 1150. The zero-order chi connectivity index (χ0) is 45.6. The summed E-state index contributed by atoms with van der Waals surface area (Å²) in [5.74, 6) is -2.37. The van der Waals surface area contributed by atoms with Gasteiger partial charge in [-0.05, 0) is 44.9 Å². The number of carboxylic acids is 1. The van der Waals surface area contributed by atoms with Crippen molar-refractivity contribution in [2.24, 2.45) is 5.73 Å². The van der Waals surface area contributed by atoms with Gasteiger partial charge in [0.05, 0.1) is 13.2 Å². The smallest absolute Gasteiger partial charge is 0.472 e. The zero-order valence-electron chi connectivity index (χ0n) is 39.7. The van der Waals surface area contributed by atoms with Gasteiger partial charge in [-0.2, -0.15) is 0 Å². The van der Waals surface area contributed by atoms with Gasteiger partial charge in [0.1, 0.15) is 12.6 Å². The summed E-state index contributed by atoms with van der Waals surface area (Å²) in [7, 11) is -4.72. The van der Waals surface area contributed by atoms with E-state index in [1.165, 1.54) is 148 Å². The number of hydrogen-bond donors (Lipinski definition) is 3. The number of carboxylic acid groups (broad SMARTS) is 1. The second-order valence-electron chi connectivity index (χ2n) is 17.3. The van der Waals surface area contributed by atoms with Crippen molar-refractivity contribution in [3.63, 3.8) is 0 Å². The van der Waals surface area contributed by atoms with Crippen LogP contribution in [0.5, 0.6) is 0 Å². The molecule has 4 N–H and O–H groups in total. The molecule has 364 valence electrons. The molecule has 0 heterocycles. The van der Waals surface area contributed by atoms with Crippen LogP contribution in [-0.2, 0) is 37.5 Å². The molecule has 0 amide bonds. The summed E-state index contributed by atoms with van der Waals surface area (Å²) in [6.45, 7) is 2.82. The summed E-state index contributed by atoms with van der Waals surface area (Å²) in [5.41, 5.74) is 5.35. The summed E-state index contributed by atoms with van der Waals surface area (Å²) >= 11 is 0. The van der Waals surface area contributed by atoms with Crippen molar-refractivity contribution in [1.29, 1.82) is 0 Å². The van der Waals surface area contributed by atoms with E-state index in [4.69, 9.17) is 24.8 Å². The van der Waals surface area contributed by atoms with Gasteiger partial charge in [0.25, 0.3) is 0 Å². The van der Waals surface area contributed by atoms with Crippen LogP contribution in [0.2, 0.25) is 0 Å². The molecule has 0 aromatic heterocycles. The summed E-state index contributed by atoms with van der Waals surface area (Å²) < 4.78 is 32.8. The van der Waals surface area contributed by atoms with Gasteiger partial charge in [-0.15, -0.1) is 0 Å². The van der Waals surface area contributed by atoms with Gasteiger partial charge in [-0.3, -0.25) is 23.4 Å². The number of carbonyl (C=O) groups excluding carboxylic acids is 2. The first-order valence-electron chi connectivity index (χ1n) is 25.4. The Labute approximate surface area is 379 Å². The average molecular weight is 900 g/mol. The van der Waals surface area contributed by atoms with E-state index in [9.17, 15) is 23.8 Å². The Kier molecular flexibility index (Phi) is 44.0. The number of phosphoric ester groups is 1. The van der Waals surface area contributed by atoms with Gasteiger partial charge < -0.3 is 25.2 Å². The standard InChI is InChI=1S/C50H94NO10P/c1-3-5-7-9-11-13-15-17-19-21-22-23-24-26-27-29-31-33-35-37-39-41-48(52)58-43-46(44-59-62(56,57)60-45-47(51)50(54)55)61-49(53)42-40-38-36-34-32-30-28-25-20-18-16-14-12-10-8-6-4-2/h12,14,18,20,46-47H,3-11,13,15-17,19,21-45,51H2,1-2H3,(H,54,55)(H,56,57)/b14-12-,20-18-. The van der Waals surface area contributed by atoms with Crippen molar-refractivity contribution in [2.45, 2.75) is 257 Å². The maximum atomic E-state index is 12.7. The molecule has 62 heavy (non-hydrogen) atoms. The van der Waals surface area contributed by atoms with Crippen molar-refractivity contribution in [3.05, 3.63) is 24.3 Å². The molecule has 0 aliphatic carbocycles.